The second-order valence-electron chi connectivity index (χ2n) is 8.50. The monoisotopic (exact) mass is 394 g/mol. The van der Waals surface area contributed by atoms with Crippen molar-refractivity contribution >= 4 is 5.96 Å². The van der Waals surface area contributed by atoms with Gasteiger partial charge in [0, 0.05) is 32.8 Å². The molecule has 3 rings (SSSR count). The van der Waals surface area contributed by atoms with E-state index in [1.54, 1.807) is 0 Å². The van der Waals surface area contributed by atoms with Crippen LogP contribution in [-0.4, -0.2) is 87.0 Å². The van der Waals surface area contributed by atoms with E-state index >= 15 is 0 Å². The first-order chi connectivity index (χ1) is 13.8. The third-order valence-corrected chi connectivity index (χ3v) is 6.21. The maximum Gasteiger partial charge on any atom is 0.193 e. The van der Waals surface area contributed by atoms with Crippen molar-refractivity contribution in [1.82, 2.24) is 15.1 Å². The van der Waals surface area contributed by atoms with E-state index in [1.165, 1.54) is 58.2 Å². The molecule has 1 unspecified atom stereocenters. The average molecular weight is 395 g/mol. The molecule has 28 heavy (non-hydrogen) atoms. The molecule has 0 bridgehead atoms. The summed E-state index contributed by atoms with van der Waals surface area (Å²) in [5.41, 5.74) is 0. The molecule has 3 fully saturated rings. The molecule has 0 amide bonds. The molecule has 3 aliphatic rings. The van der Waals surface area contributed by atoms with Gasteiger partial charge in [-0.1, -0.05) is 0 Å². The molecule has 6 nitrogen and oxygen atoms in total. The molecule has 1 atom stereocenters. The molecule has 0 aliphatic carbocycles. The summed E-state index contributed by atoms with van der Waals surface area (Å²) in [7, 11) is 0. The van der Waals surface area contributed by atoms with Crippen LogP contribution in [0.4, 0.5) is 0 Å². The van der Waals surface area contributed by atoms with Crippen LogP contribution in [0.25, 0.3) is 0 Å². The smallest absolute Gasteiger partial charge is 0.193 e. The second kappa shape index (κ2) is 12.7. The first-order valence-electron chi connectivity index (χ1n) is 11.8. The van der Waals surface area contributed by atoms with Crippen LogP contribution < -0.4 is 5.32 Å². The van der Waals surface area contributed by atoms with Crippen molar-refractivity contribution in [2.75, 3.05) is 59.0 Å². The maximum atomic E-state index is 6.16. The summed E-state index contributed by atoms with van der Waals surface area (Å²) in [5, 5.41) is 3.49. The van der Waals surface area contributed by atoms with Gasteiger partial charge in [0.1, 0.15) is 0 Å². The molecule has 0 saturated carbocycles. The van der Waals surface area contributed by atoms with Gasteiger partial charge < -0.3 is 24.6 Å². The Hall–Kier alpha value is -0.850. The number of hydrogen-bond donors (Lipinski definition) is 1. The average Bonchev–Trinajstić information content (AvgIpc) is 3.26. The van der Waals surface area contributed by atoms with Crippen LogP contribution >= 0.6 is 0 Å². The Morgan fingerprint density at radius 2 is 1.86 bits per heavy atom. The number of nitrogens with one attached hydrogen (secondary N) is 1. The summed E-state index contributed by atoms with van der Waals surface area (Å²) in [6.07, 6.45) is 11.8. The molecule has 3 aliphatic heterocycles. The number of guanidine groups is 1. The zero-order valence-electron chi connectivity index (χ0n) is 18.0. The minimum atomic E-state index is 0.325. The standard InChI is InChI=1S/C22H42N4O2/c1-2-23-22(24-12-4-5-13-25-14-6-7-15-25)26-16-10-20(11-17-26)28-19-21-9-3-8-18-27-21/h20-21H,2-19H2,1H3,(H,23,24). The molecule has 0 aromatic rings. The van der Waals surface area contributed by atoms with E-state index in [9.17, 15) is 0 Å². The Bertz CT molecular complexity index is 440. The maximum absolute atomic E-state index is 6.16. The van der Waals surface area contributed by atoms with E-state index in [0.717, 1.165) is 64.6 Å². The first kappa shape index (κ1) is 21.8. The molecular formula is C22H42N4O2. The van der Waals surface area contributed by atoms with Crippen molar-refractivity contribution in [3.63, 3.8) is 0 Å². The van der Waals surface area contributed by atoms with E-state index in [4.69, 9.17) is 14.5 Å². The van der Waals surface area contributed by atoms with Crippen molar-refractivity contribution in [3.05, 3.63) is 0 Å². The summed E-state index contributed by atoms with van der Waals surface area (Å²) >= 11 is 0. The van der Waals surface area contributed by atoms with Crippen LogP contribution in [0.2, 0.25) is 0 Å². The van der Waals surface area contributed by atoms with Crippen LogP contribution in [0.5, 0.6) is 0 Å². The van der Waals surface area contributed by atoms with Crippen LogP contribution in [-0.2, 0) is 9.47 Å². The molecule has 0 radical (unpaired) electrons. The number of hydrogen-bond acceptors (Lipinski definition) is 4. The van der Waals surface area contributed by atoms with Crippen molar-refractivity contribution < 1.29 is 9.47 Å². The van der Waals surface area contributed by atoms with E-state index < -0.39 is 0 Å². The van der Waals surface area contributed by atoms with E-state index in [1.807, 2.05) is 0 Å². The predicted molar refractivity (Wildman–Crippen MR) is 115 cm³/mol. The highest BCUT2D eigenvalue weighted by molar-refractivity contribution is 5.80. The molecule has 3 saturated heterocycles. The lowest BCUT2D eigenvalue weighted by Gasteiger charge is -2.35. The third-order valence-electron chi connectivity index (χ3n) is 6.21. The molecule has 0 aromatic heterocycles. The largest absolute Gasteiger partial charge is 0.376 e. The van der Waals surface area contributed by atoms with Crippen molar-refractivity contribution in [1.29, 1.82) is 0 Å². The van der Waals surface area contributed by atoms with Gasteiger partial charge in [-0.25, -0.2) is 0 Å². The summed E-state index contributed by atoms with van der Waals surface area (Å²) in [4.78, 5) is 9.91. The number of unbranched alkanes of at least 4 members (excludes halogenated alkanes) is 1. The molecule has 162 valence electrons. The Kier molecular flexibility index (Phi) is 9.88. The van der Waals surface area contributed by atoms with Gasteiger partial charge >= 0.3 is 0 Å². The SMILES string of the molecule is CCNC(=NCCCCN1CCCC1)N1CCC(OCC2CCCCO2)CC1. The number of piperidine rings is 1. The number of rotatable bonds is 9. The Labute approximate surface area is 172 Å². The quantitative estimate of drug-likeness (QED) is 0.370. The Morgan fingerprint density at radius 3 is 2.57 bits per heavy atom. The normalized spacial score (nSPS) is 25.4. The lowest BCUT2D eigenvalue weighted by Crippen LogP contribution is -2.47. The van der Waals surface area contributed by atoms with Crippen molar-refractivity contribution in [2.24, 2.45) is 4.99 Å². The summed E-state index contributed by atoms with van der Waals surface area (Å²) in [5.74, 6) is 1.10. The molecule has 0 aromatic carbocycles. The fraction of sp³-hybridized carbons (Fsp3) is 0.955. The van der Waals surface area contributed by atoms with Crippen LogP contribution in [0, 0.1) is 0 Å². The zero-order chi connectivity index (χ0) is 19.4. The van der Waals surface area contributed by atoms with Gasteiger partial charge in [0.25, 0.3) is 0 Å². The van der Waals surface area contributed by atoms with Gasteiger partial charge in [-0.15, -0.1) is 0 Å². The number of likely N-dealkylation sites (tertiary alicyclic amines) is 2. The molecule has 0 spiro atoms. The lowest BCUT2D eigenvalue weighted by atomic mass is 10.1. The van der Waals surface area contributed by atoms with Gasteiger partial charge in [0.2, 0.25) is 0 Å². The van der Waals surface area contributed by atoms with Gasteiger partial charge in [0.05, 0.1) is 18.8 Å². The molecule has 1 N–H and O–H groups in total. The summed E-state index contributed by atoms with van der Waals surface area (Å²) in [6, 6.07) is 0. The van der Waals surface area contributed by atoms with E-state index in [-0.39, 0.29) is 0 Å². The van der Waals surface area contributed by atoms with Crippen molar-refractivity contribution in [2.45, 2.75) is 76.9 Å². The zero-order valence-corrected chi connectivity index (χ0v) is 18.0. The fourth-order valence-corrected chi connectivity index (χ4v) is 4.48. The fourth-order valence-electron chi connectivity index (χ4n) is 4.48. The minimum absolute atomic E-state index is 0.325. The van der Waals surface area contributed by atoms with Gasteiger partial charge in [-0.05, 0) is 84.3 Å². The number of nitrogens with zero attached hydrogens (tertiary/aromatic N) is 3. The Morgan fingerprint density at radius 1 is 1.04 bits per heavy atom. The minimum Gasteiger partial charge on any atom is -0.376 e. The first-order valence-corrected chi connectivity index (χ1v) is 11.8. The van der Waals surface area contributed by atoms with E-state index in [2.05, 4.69) is 22.0 Å². The number of ether oxygens (including phenoxy) is 2. The van der Waals surface area contributed by atoms with Gasteiger partial charge in [0.15, 0.2) is 5.96 Å². The van der Waals surface area contributed by atoms with Crippen LogP contribution in [0.1, 0.15) is 64.7 Å². The molecular weight excluding hydrogens is 352 g/mol. The lowest BCUT2D eigenvalue weighted by molar-refractivity contribution is -0.0721. The van der Waals surface area contributed by atoms with Crippen LogP contribution in [0.3, 0.4) is 0 Å². The van der Waals surface area contributed by atoms with Gasteiger partial charge in [-0.3, -0.25) is 4.99 Å². The predicted octanol–water partition coefficient (Wildman–Crippen LogP) is 2.88. The third kappa shape index (κ3) is 7.53. The highest BCUT2D eigenvalue weighted by Gasteiger charge is 2.23. The van der Waals surface area contributed by atoms with Crippen LogP contribution in [0.15, 0.2) is 4.99 Å². The van der Waals surface area contributed by atoms with E-state index in [0.29, 0.717) is 12.2 Å². The topological polar surface area (TPSA) is 49.3 Å². The summed E-state index contributed by atoms with van der Waals surface area (Å²) < 4.78 is 11.9. The highest BCUT2D eigenvalue weighted by atomic mass is 16.5. The van der Waals surface area contributed by atoms with Crippen molar-refractivity contribution in [3.8, 4) is 0 Å². The Balaban J connectivity index is 1.32. The number of aliphatic imine (C=N–C) groups is 1. The van der Waals surface area contributed by atoms with Gasteiger partial charge in [-0.2, -0.15) is 0 Å². The summed E-state index contributed by atoms with van der Waals surface area (Å²) in [6.45, 7) is 11.6. The second-order valence-corrected chi connectivity index (χ2v) is 8.50. The molecule has 6 heteroatoms. The molecule has 3 heterocycles. The highest BCUT2D eigenvalue weighted by Crippen LogP contribution is 2.18.